The lowest BCUT2D eigenvalue weighted by Crippen LogP contribution is -2.11. The molecule has 0 spiro atoms. The quantitative estimate of drug-likeness (QED) is 0.0313. The van der Waals surface area contributed by atoms with E-state index in [1.807, 2.05) is 90.7 Å². The molecular weight excluding hydrogens is 1480 g/mol. The molecule has 0 saturated carbocycles. The number of thiophene rings is 10. The molecule has 106 heavy (non-hydrogen) atoms. The maximum Gasteiger partial charge on any atom is 0.202 e. The molecule has 0 aliphatic heterocycles. The number of carbonyl (C=O) groups excluding carboxylic acids is 1. The molecule has 0 aliphatic rings. The molecule has 548 valence electrons. The molecule has 0 atom stereocenters. The minimum Gasteiger partial charge on any atom is -0.288 e. The van der Waals surface area contributed by atoms with Gasteiger partial charge in [0.2, 0.25) is 5.78 Å². The van der Waals surface area contributed by atoms with E-state index in [9.17, 15) is 0 Å². The molecule has 0 N–H and O–H groups in total. The molecule has 0 amide bonds. The fourth-order valence-corrected chi connectivity index (χ4v) is 26.4. The lowest BCUT2D eigenvalue weighted by molar-refractivity contribution is 0.104. The molecule has 0 saturated heterocycles. The van der Waals surface area contributed by atoms with E-state index in [0.717, 1.165) is 46.4 Å². The van der Waals surface area contributed by atoms with Crippen LogP contribution >= 0.6 is 113 Å². The van der Waals surface area contributed by atoms with Gasteiger partial charge in [0.15, 0.2) is 0 Å². The first-order valence-electron chi connectivity index (χ1n) is 39.1. The van der Waals surface area contributed by atoms with E-state index in [1.165, 1.54) is 236 Å². The van der Waals surface area contributed by atoms with Crippen molar-refractivity contribution in [2.75, 3.05) is 0 Å². The van der Waals surface area contributed by atoms with E-state index in [0.29, 0.717) is 0 Å². The monoisotopic (exact) mass is 1580 g/mol. The fraction of sp³-hybridized carbons (Fsp3) is 0.358. The largest absolute Gasteiger partial charge is 0.288 e. The van der Waals surface area contributed by atoms with Crippen molar-refractivity contribution in [1.82, 2.24) is 0 Å². The van der Waals surface area contributed by atoms with Crippen LogP contribution in [0.1, 0.15) is 232 Å². The van der Waals surface area contributed by atoms with Crippen LogP contribution in [0.2, 0.25) is 0 Å². The third kappa shape index (κ3) is 16.7. The maximum absolute atomic E-state index is 15.5. The van der Waals surface area contributed by atoms with E-state index < -0.39 is 0 Å². The molecule has 11 heteroatoms. The van der Waals surface area contributed by atoms with Crippen molar-refractivity contribution in [3.63, 3.8) is 0 Å². The van der Waals surface area contributed by atoms with Crippen LogP contribution in [0.15, 0.2) is 156 Å². The number of unbranched alkanes of at least 4 members (excludes halogenated alkanes) is 12. The predicted molar refractivity (Wildman–Crippen MR) is 484 cm³/mol. The fourth-order valence-electron chi connectivity index (χ4n) is 15.2. The number of fused-ring (bicyclic) bond motifs is 7. The van der Waals surface area contributed by atoms with Gasteiger partial charge in [-0.3, -0.25) is 4.79 Å². The Morgan fingerprint density at radius 1 is 0.311 bits per heavy atom. The molecule has 10 aromatic heterocycles. The molecule has 1 nitrogen and oxygen atoms in total. The highest BCUT2D eigenvalue weighted by molar-refractivity contribution is 7.31. The highest BCUT2D eigenvalue weighted by Gasteiger charge is 2.28. The maximum atomic E-state index is 15.5. The number of carbonyl (C=O) groups is 1. The van der Waals surface area contributed by atoms with Crippen LogP contribution in [-0.4, -0.2) is 5.78 Å². The zero-order valence-corrected chi connectivity index (χ0v) is 72.3. The highest BCUT2D eigenvalue weighted by atomic mass is 32.1. The summed E-state index contributed by atoms with van der Waals surface area (Å²) in [7, 11) is 0. The first kappa shape index (κ1) is 76.8. The number of rotatable bonds is 31. The number of hydrogen-bond acceptors (Lipinski definition) is 11. The molecular formula is C95H102OS10. The zero-order chi connectivity index (χ0) is 73.8. The van der Waals surface area contributed by atoms with Gasteiger partial charge in [-0.25, -0.2) is 0 Å². The first-order valence-corrected chi connectivity index (χ1v) is 47.4. The second-order valence-corrected chi connectivity index (χ2v) is 41.6. The van der Waals surface area contributed by atoms with Crippen molar-refractivity contribution < 1.29 is 4.79 Å². The van der Waals surface area contributed by atoms with E-state index in [4.69, 9.17) is 0 Å². The normalized spacial score (nSPS) is 12.2. The highest BCUT2D eigenvalue weighted by Crippen LogP contribution is 2.54. The van der Waals surface area contributed by atoms with Crippen molar-refractivity contribution >= 4 is 151 Å². The van der Waals surface area contributed by atoms with Crippen LogP contribution in [-0.2, 0) is 36.5 Å². The average Bonchev–Trinajstić information content (AvgIpc) is 0.887. The summed E-state index contributed by atoms with van der Waals surface area (Å²) in [5.74, 6) is 0.0707. The Morgan fingerprint density at radius 3 is 1.09 bits per heavy atom. The van der Waals surface area contributed by atoms with Gasteiger partial charge in [0.25, 0.3) is 0 Å². The average molecular weight is 1580 g/mol. The molecule has 4 bridgehead atoms. The molecule has 10 heterocycles. The van der Waals surface area contributed by atoms with E-state index in [2.05, 4.69) is 251 Å². The summed E-state index contributed by atoms with van der Waals surface area (Å²) in [6.45, 7) is 28.0. The minimum absolute atomic E-state index is 0.0707. The SMILES string of the molecule is CCCCCCc1c(-c2ccc(-c3cccs3)s2)sc(-c2ccc(-c3ccc(C(=O)c4ccc5c6cc(C(C)(C)C)cc(cc(-c7ccc(-c8ccc(-c9sc(-c%10ccc(-c%11cccs%11)s%10)c(CCCCCC)c9CCCCCC)s8)s7)c7cc(C(C)(C)C)cc(c7C)c5c4)c6C)s3)s2)c1CCCCCC. The van der Waals surface area contributed by atoms with Crippen LogP contribution < -0.4 is 0 Å². The lowest BCUT2D eigenvalue weighted by atomic mass is 9.81. The third-order valence-electron chi connectivity index (χ3n) is 21.4. The summed E-state index contributed by atoms with van der Waals surface area (Å²) < 4.78 is 0. The van der Waals surface area contributed by atoms with Gasteiger partial charge in [-0.1, -0.05) is 195 Å². The Kier molecular flexibility index (Phi) is 24.7. The summed E-state index contributed by atoms with van der Waals surface area (Å²) in [6.07, 6.45) is 24.6. The second kappa shape index (κ2) is 34.1. The smallest absolute Gasteiger partial charge is 0.202 e. The summed E-state index contributed by atoms with van der Waals surface area (Å²) in [4.78, 5) is 39.5. The van der Waals surface area contributed by atoms with Crippen LogP contribution in [0, 0.1) is 13.8 Å². The van der Waals surface area contributed by atoms with Crippen molar-refractivity contribution in [2.24, 2.45) is 0 Å². The molecule has 0 unspecified atom stereocenters. The van der Waals surface area contributed by atoms with Crippen molar-refractivity contribution in [3.05, 3.63) is 211 Å². The number of hydrogen-bond donors (Lipinski definition) is 0. The van der Waals surface area contributed by atoms with Crippen LogP contribution in [0.3, 0.4) is 0 Å². The number of benzene rings is 3. The first-order chi connectivity index (χ1) is 51.4. The Morgan fingerprint density at radius 2 is 0.679 bits per heavy atom. The second-order valence-electron chi connectivity index (χ2n) is 31.2. The lowest BCUT2D eigenvalue weighted by Gasteiger charge is -2.23. The molecule has 0 radical (unpaired) electrons. The predicted octanol–water partition coefficient (Wildman–Crippen LogP) is 34.3. The summed E-state index contributed by atoms with van der Waals surface area (Å²) in [5, 5.41) is 11.6. The summed E-state index contributed by atoms with van der Waals surface area (Å²) in [5.41, 5.74) is 13.1. The number of aryl methyl sites for hydroxylation is 2. The third-order valence-corrected chi connectivity index (χ3v) is 33.8. The topological polar surface area (TPSA) is 17.1 Å². The van der Waals surface area contributed by atoms with Crippen molar-refractivity contribution in [1.29, 1.82) is 0 Å². The van der Waals surface area contributed by atoms with Gasteiger partial charge in [-0.2, -0.15) is 0 Å². The van der Waals surface area contributed by atoms with Gasteiger partial charge in [-0.05, 0) is 266 Å². The molecule has 4 aromatic carbocycles. The Balaban J connectivity index is 0.845. The Labute approximate surface area is 671 Å². The van der Waals surface area contributed by atoms with Crippen LogP contribution in [0.25, 0.3) is 121 Å². The van der Waals surface area contributed by atoms with E-state index >= 15 is 4.79 Å². The number of ketones is 1. The van der Waals surface area contributed by atoms with Gasteiger partial charge < -0.3 is 0 Å². The van der Waals surface area contributed by atoms with Crippen molar-refractivity contribution in [2.45, 2.75) is 222 Å². The zero-order valence-electron chi connectivity index (χ0n) is 64.1. The van der Waals surface area contributed by atoms with Crippen molar-refractivity contribution in [3.8, 4) is 88.5 Å². The molecule has 0 fully saturated rings. The van der Waals surface area contributed by atoms with Gasteiger partial charge in [0.05, 0.1) is 4.88 Å². The van der Waals surface area contributed by atoms with Gasteiger partial charge >= 0.3 is 0 Å². The van der Waals surface area contributed by atoms with E-state index in [-0.39, 0.29) is 16.6 Å². The molecule has 14 rings (SSSR count). The standard InChI is InChI=1S/C95H102OS10/c1-13-17-21-25-31-66-68(33-27-23-19-15-3)92(105-90(66)85-47-42-78(101-85)76-35-29-51-97-76)87-49-44-82(103-87)80-40-39-75(99-80)74-55-62-53-63(94(7,8)9)56-70(59(62)5)65-38-37-61(54-73(65)71-57-64(95(10,11)12)58-72(74)60(71)6)89(96)84-46-41-81(100-84)83-45-50-88(104-83)93-69(34-28-24-20-16-4)67(32-26-22-18-14-2)91(106-93)86-48-43-79(102-86)77-36-30-52-98-77/h29-30,35-58H,13-28,31-34H2,1-12H3. The van der Waals surface area contributed by atoms with E-state index in [1.54, 1.807) is 33.6 Å². The van der Waals surface area contributed by atoms with Crippen LogP contribution in [0.4, 0.5) is 0 Å². The van der Waals surface area contributed by atoms with Crippen LogP contribution in [0.5, 0.6) is 0 Å². The summed E-state index contributed by atoms with van der Waals surface area (Å²) in [6, 6.07) is 56.1. The van der Waals surface area contributed by atoms with Gasteiger partial charge in [-0.15, -0.1) is 113 Å². The Bertz CT molecular complexity index is 5380. The minimum atomic E-state index is -0.161. The molecule has 0 aliphatic carbocycles. The van der Waals surface area contributed by atoms with Gasteiger partial charge in [0.1, 0.15) is 0 Å². The summed E-state index contributed by atoms with van der Waals surface area (Å²) >= 11 is 19.2. The Hall–Kier alpha value is -5.93. The van der Waals surface area contributed by atoms with Gasteiger partial charge in [0, 0.05) is 88.5 Å². The molecule has 14 aromatic rings.